The van der Waals surface area contributed by atoms with Gasteiger partial charge in [-0.3, -0.25) is 14.6 Å². The predicted molar refractivity (Wildman–Crippen MR) is 90.9 cm³/mol. The lowest BCUT2D eigenvalue weighted by molar-refractivity contribution is -0.122. The van der Waals surface area contributed by atoms with Gasteiger partial charge in [0.1, 0.15) is 0 Å². The molecule has 0 saturated carbocycles. The Balaban J connectivity index is 1.76. The van der Waals surface area contributed by atoms with Gasteiger partial charge in [0, 0.05) is 39.3 Å². The number of hydrogen-bond donors (Lipinski definition) is 1. The van der Waals surface area contributed by atoms with E-state index in [0.29, 0.717) is 19.0 Å². The molecule has 22 heavy (non-hydrogen) atoms. The van der Waals surface area contributed by atoms with Crippen molar-refractivity contribution in [2.75, 3.05) is 39.3 Å². The van der Waals surface area contributed by atoms with E-state index >= 15 is 0 Å². The van der Waals surface area contributed by atoms with E-state index in [9.17, 15) is 4.79 Å². The fourth-order valence-electron chi connectivity index (χ4n) is 2.83. The zero-order valence-electron chi connectivity index (χ0n) is 14.1. The number of likely N-dealkylation sites (N-methyl/N-ethyl adjacent to an activating group) is 1. The molecule has 0 bridgehead atoms. The molecule has 4 nitrogen and oxygen atoms in total. The minimum absolute atomic E-state index is 0.139. The van der Waals surface area contributed by atoms with Crippen LogP contribution in [0.2, 0.25) is 0 Å². The number of carbonyl (C=O) groups is 1. The van der Waals surface area contributed by atoms with Gasteiger partial charge in [-0.1, -0.05) is 38.1 Å². The normalized spacial score (nSPS) is 16.9. The van der Waals surface area contributed by atoms with E-state index < -0.39 is 0 Å². The van der Waals surface area contributed by atoms with Gasteiger partial charge in [0.25, 0.3) is 0 Å². The first-order chi connectivity index (χ1) is 10.6. The summed E-state index contributed by atoms with van der Waals surface area (Å²) in [6.07, 6.45) is 0. The van der Waals surface area contributed by atoms with Crippen molar-refractivity contribution in [3.05, 3.63) is 35.4 Å². The summed E-state index contributed by atoms with van der Waals surface area (Å²) in [4.78, 5) is 16.3. The summed E-state index contributed by atoms with van der Waals surface area (Å²) in [5.74, 6) is 0.729. The van der Waals surface area contributed by atoms with Crippen molar-refractivity contribution >= 4 is 5.91 Å². The molecule has 1 heterocycles. The van der Waals surface area contributed by atoms with Crippen LogP contribution in [-0.2, 0) is 11.3 Å². The number of benzene rings is 1. The SMILES string of the molecule is CCNC(=O)CN1CCN(Cc2ccc(C(C)C)cc2)CC1. The van der Waals surface area contributed by atoms with Crippen molar-refractivity contribution in [3.8, 4) is 0 Å². The Morgan fingerprint density at radius 3 is 2.23 bits per heavy atom. The molecule has 1 amide bonds. The van der Waals surface area contributed by atoms with Gasteiger partial charge in [-0.25, -0.2) is 0 Å². The second-order valence-electron chi connectivity index (χ2n) is 6.40. The largest absolute Gasteiger partial charge is 0.355 e. The Labute approximate surface area is 134 Å². The first-order valence-electron chi connectivity index (χ1n) is 8.38. The summed E-state index contributed by atoms with van der Waals surface area (Å²) in [6, 6.07) is 8.98. The van der Waals surface area contributed by atoms with Crippen LogP contribution in [0.5, 0.6) is 0 Å². The first-order valence-corrected chi connectivity index (χ1v) is 8.38. The average molecular weight is 303 g/mol. The molecule has 0 aliphatic carbocycles. The fraction of sp³-hybridized carbons (Fsp3) is 0.611. The first kappa shape index (κ1) is 17.0. The molecule has 1 saturated heterocycles. The van der Waals surface area contributed by atoms with Gasteiger partial charge in [-0.05, 0) is 24.0 Å². The molecule has 1 aromatic rings. The zero-order chi connectivity index (χ0) is 15.9. The second-order valence-corrected chi connectivity index (χ2v) is 6.40. The molecule has 0 radical (unpaired) electrons. The molecule has 1 N–H and O–H groups in total. The van der Waals surface area contributed by atoms with Crippen LogP contribution in [0, 0.1) is 0 Å². The molecule has 1 aliphatic heterocycles. The standard InChI is InChI=1S/C18H29N3O/c1-4-19-18(22)14-21-11-9-20(10-12-21)13-16-5-7-17(8-6-16)15(2)3/h5-8,15H,4,9-14H2,1-3H3,(H,19,22). The molecule has 0 atom stereocenters. The van der Waals surface area contributed by atoms with Crippen molar-refractivity contribution in [3.63, 3.8) is 0 Å². The summed E-state index contributed by atoms with van der Waals surface area (Å²) in [6.45, 7) is 12.7. The van der Waals surface area contributed by atoms with Crippen LogP contribution in [0.25, 0.3) is 0 Å². The minimum atomic E-state index is 0.139. The van der Waals surface area contributed by atoms with E-state index in [-0.39, 0.29) is 5.91 Å². The van der Waals surface area contributed by atoms with Crippen LogP contribution in [0.15, 0.2) is 24.3 Å². The lowest BCUT2D eigenvalue weighted by Gasteiger charge is -2.34. The van der Waals surface area contributed by atoms with Gasteiger partial charge < -0.3 is 5.32 Å². The number of rotatable bonds is 6. The zero-order valence-corrected chi connectivity index (χ0v) is 14.1. The Bertz CT molecular complexity index is 462. The van der Waals surface area contributed by atoms with Crippen LogP contribution >= 0.6 is 0 Å². The molecule has 0 unspecified atom stereocenters. The van der Waals surface area contributed by atoms with E-state index in [1.807, 2.05) is 6.92 Å². The maximum Gasteiger partial charge on any atom is 0.234 e. The number of carbonyl (C=O) groups excluding carboxylic acids is 1. The van der Waals surface area contributed by atoms with Crippen molar-refractivity contribution in [1.82, 2.24) is 15.1 Å². The fourth-order valence-corrected chi connectivity index (χ4v) is 2.83. The third kappa shape index (κ3) is 5.11. The third-order valence-electron chi connectivity index (χ3n) is 4.26. The van der Waals surface area contributed by atoms with Gasteiger partial charge in [0.2, 0.25) is 5.91 Å². The Morgan fingerprint density at radius 1 is 1.09 bits per heavy atom. The molecule has 0 aromatic heterocycles. The van der Waals surface area contributed by atoms with Crippen molar-refractivity contribution in [1.29, 1.82) is 0 Å². The van der Waals surface area contributed by atoms with E-state index in [1.54, 1.807) is 0 Å². The van der Waals surface area contributed by atoms with E-state index in [1.165, 1.54) is 11.1 Å². The van der Waals surface area contributed by atoms with Crippen LogP contribution in [-0.4, -0.2) is 55.0 Å². The van der Waals surface area contributed by atoms with Gasteiger partial charge in [-0.15, -0.1) is 0 Å². The van der Waals surface area contributed by atoms with Crippen LogP contribution in [0.3, 0.4) is 0 Å². The molecular weight excluding hydrogens is 274 g/mol. The second kappa shape index (κ2) is 8.30. The van der Waals surface area contributed by atoms with Gasteiger partial charge in [0.15, 0.2) is 0 Å². The lowest BCUT2D eigenvalue weighted by Crippen LogP contribution is -2.49. The molecule has 122 valence electrons. The van der Waals surface area contributed by atoms with E-state index in [2.05, 4.69) is 53.2 Å². The summed E-state index contributed by atoms with van der Waals surface area (Å²) >= 11 is 0. The van der Waals surface area contributed by atoms with Gasteiger partial charge in [0.05, 0.1) is 6.54 Å². The molecule has 0 spiro atoms. The summed E-state index contributed by atoms with van der Waals surface area (Å²) in [5, 5.41) is 2.86. The Morgan fingerprint density at radius 2 is 1.68 bits per heavy atom. The predicted octanol–water partition coefficient (Wildman–Crippen LogP) is 2.06. The molecule has 1 aliphatic rings. The molecule has 2 rings (SSSR count). The number of hydrogen-bond acceptors (Lipinski definition) is 3. The highest BCUT2D eigenvalue weighted by atomic mass is 16.2. The maximum atomic E-state index is 11.6. The van der Waals surface area contributed by atoms with Crippen LogP contribution in [0.1, 0.15) is 37.8 Å². The number of amides is 1. The van der Waals surface area contributed by atoms with Crippen LogP contribution in [0.4, 0.5) is 0 Å². The highest BCUT2D eigenvalue weighted by molar-refractivity contribution is 5.77. The molecule has 4 heteroatoms. The topological polar surface area (TPSA) is 35.6 Å². The molecular formula is C18H29N3O. The van der Waals surface area contributed by atoms with E-state index in [4.69, 9.17) is 0 Å². The van der Waals surface area contributed by atoms with Gasteiger partial charge in [-0.2, -0.15) is 0 Å². The number of nitrogens with zero attached hydrogens (tertiary/aromatic N) is 2. The monoisotopic (exact) mass is 303 g/mol. The quantitative estimate of drug-likeness (QED) is 0.874. The van der Waals surface area contributed by atoms with Crippen molar-refractivity contribution < 1.29 is 4.79 Å². The third-order valence-corrected chi connectivity index (χ3v) is 4.26. The average Bonchev–Trinajstić information content (AvgIpc) is 2.50. The Hall–Kier alpha value is -1.39. The van der Waals surface area contributed by atoms with Gasteiger partial charge >= 0.3 is 0 Å². The van der Waals surface area contributed by atoms with Crippen LogP contribution < -0.4 is 5.32 Å². The highest BCUT2D eigenvalue weighted by Gasteiger charge is 2.18. The summed E-state index contributed by atoms with van der Waals surface area (Å²) in [7, 11) is 0. The maximum absolute atomic E-state index is 11.6. The summed E-state index contributed by atoms with van der Waals surface area (Å²) < 4.78 is 0. The summed E-state index contributed by atoms with van der Waals surface area (Å²) in [5.41, 5.74) is 2.78. The number of piperazine rings is 1. The minimum Gasteiger partial charge on any atom is -0.355 e. The highest BCUT2D eigenvalue weighted by Crippen LogP contribution is 2.16. The smallest absolute Gasteiger partial charge is 0.234 e. The lowest BCUT2D eigenvalue weighted by atomic mass is 10.0. The Kier molecular flexibility index (Phi) is 6.40. The van der Waals surface area contributed by atoms with Crippen molar-refractivity contribution in [2.45, 2.75) is 33.2 Å². The number of nitrogens with one attached hydrogen (secondary N) is 1. The molecule has 1 fully saturated rings. The van der Waals surface area contributed by atoms with Crippen molar-refractivity contribution in [2.24, 2.45) is 0 Å². The van der Waals surface area contributed by atoms with E-state index in [0.717, 1.165) is 32.7 Å². The molecule has 1 aromatic carbocycles.